The van der Waals surface area contributed by atoms with Crippen LogP contribution in [-0.2, 0) is 19.1 Å². The summed E-state index contributed by atoms with van der Waals surface area (Å²) >= 11 is 12.2. The van der Waals surface area contributed by atoms with E-state index < -0.39 is 48.8 Å². The van der Waals surface area contributed by atoms with Crippen LogP contribution in [0, 0.1) is 0 Å². The molecule has 0 unspecified atom stereocenters. The van der Waals surface area contributed by atoms with Crippen LogP contribution in [0.1, 0.15) is 50.0 Å². The monoisotopic (exact) mass is 517 g/mol. The molecule has 1 aliphatic heterocycles. The highest BCUT2D eigenvalue weighted by molar-refractivity contribution is 6.30. The van der Waals surface area contributed by atoms with Crippen LogP contribution in [0.3, 0.4) is 0 Å². The summed E-state index contributed by atoms with van der Waals surface area (Å²) in [5, 5.41) is 0.793. The highest BCUT2D eigenvalue weighted by atomic mass is 35.5. The van der Waals surface area contributed by atoms with Gasteiger partial charge in [-0.2, -0.15) is 13.2 Å². The van der Waals surface area contributed by atoms with Gasteiger partial charge in [0.05, 0.1) is 19.1 Å². The van der Waals surface area contributed by atoms with Crippen molar-refractivity contribution in [1.29, 1.82) is 0 Å². The van der Waals surface area contributed by atoms with Gasteiger partial charge in [0.25, 0.3) is 0 Å². The predicted molar refractivity (Wildman–Crippen MR) is 122 cm³/mol. The maximum absolute atomic E-state index is 13.9. The summed E-state index contributed by atoms with van der Waals surface area (Å²) in [5.41, 5.74) is -1.30. The van der Waals surface area contributed by atoms with Crippen molar-refractivity contribution >= 4 is 35.1 Å². The fourth-order valence-electron chi connectivity index (χ4n) is 4.36. The largest absolute Gasteiger partial charge is 0.464 e. The van der Waals surface area contributed by atoms with E-state index in [9.17, 15) is 22.8 Å². The standard InChI is InChI=1S/C24H24Cl2F3NO4/c1-3-23(14-24(27,28)29,22(32)33-4-2)30-19(31)13-34-21(16-6-5-7-18(26)12-16)20(30)15-8-10-17(25)11-9-15/h5-12,20-21H,3-4,13-14H2,1-2H3/t20-,21-,23+/m1/s1. The highest BCUT2D eigenvalue weighted by Gasteiger charge is 2.58. The Balaban J connectivity index is 2.26. The van der Waals surface area contributed by atoms with Gasteiger partial charge in [-0.25, -0.2) is 4.79 Å². The van der Waals surface area contributed by atoms with Crippen LogP contribution in [0.4, 0.5) is 13.2 Å². The molecule has 3 rings (SSSR count). The first-order valence-electron chi connectivity index (χ1n) is 10.7. The van der Waals surface area contributed by atoms with Gasteiger partial charge in [-0.1, -0.05) is 54.4 Å². The summed E-state index contributed by atoms with van der Waals surface area (Å²) < 4.78 is 52.5. The van der Waals surface area contributed by atoms with Crippen LogP contribution in [-0.4, -0.2) is 41.7 Å². The van der Waals surface area contributed by atoms with Crippen molar-refractivity contribution in [2.75, 3.05) is 13.2 Å². The molecule has 0 aliphatic carbocycles. The van der Waals surface area contributed by atoms with Gasteiger partial charge in [0.1, 0.15) is 18.2 Å². The quantitative estimate of drug-likeness (QED) is 0.404. The molecule has 1 heterocycles. The predicted octanol–water partition coefficient (Wildman–Crippen LogP) is 6.30. The number of halogens is 5. The second kappa shape index (κ2) is 10.5. The molecule has 1 saturated heterocycles. The number of benzene rings is 2. The summed E-state index contributed by atoms with van der Waals surface area (Å²) in [6.07, 6.45) is -7.53. The van der Waals surface area contributed by atoms with Gasteiger partial charge in [-0.15, -0.1) is 0 Å². The number of carbonyl (C=O) groups excluding carboxylic acids is 2. The Bertz CT molecular complexity index is 1030. The third-order valence-electron chi connectivity index (χ3n) is 5.80. The van der Waals surface area contributed by atoms with E-state index in [0.29, 0.717) is 21.2 Å². The van der Waals surface area contributed by atoms with Gasteiger partial charge in [0.2, 0.25) is 5.91 Å². The van der Waals surface area contributed by atoms with E-state index in [4.69, 9.17) is 32.7 Å². The fraction of sp³-hybridized carbons (Fsp3) is 0.417. The maximum Gasteiger partial charge on any atom is 0.391 e. The van der Waals surface area contributed by atoms with Crippen molar-refractivity contribution in [3.63, 3.8) is 0 Å². The number of alkyl halides is 3. The number of rotatable bonds is 7. The molecule has 2 aromatic carbocycles. The molecule has 0 radical (unpaired) electrons. The Kier molecular flexibility index (Phi) is 8.16. The number of esters is 1. The number of amides is 1. The van der Waals surface area contributed by atoms with Crippen molar-refractivity contribution < 1.29 is 32.2 Å². The lowest BCUT2D eigenvalue weighted by atomic mass is 9.83. The Labute approximate surface area is 205 Å². The van der Waals surface area contributed by atoms with Gasteiger partial charge in [0.15, 0.2) is 0 Å². The molecule has 0 aromatic heterocycles. The van der Waals surface area contributed by atoms with Crippen LogP contribution in [0.15, 0.2) is 48.5 Å². The van der Waals surface area contributed by atoms with Crippen LogP contribution in [0.25, 0.3) is 0 Å². The lowest BCUT2D eigenvalue weighted by Crippen LogP contribution is -2.63. The van der Waals surface area contributed by atoms with Crippen LogP contribution < -0.4 is 0 Å². The second-order valence-corrected chi connectivity index (χ2v) is 8.82. The number of carbonyl (C=O) groups is 2. The average Bonchev–Trinajstić information content (AvgIpc) is 2.77. The lowest BCUT2D eigenvalue weighted by molar-refractivity contribution is -0.208. The average molecular weight is 518 g/mol. The van der Waals surface area contributed by atoms with Crippen LogP contribution >= 0.6 is 23.2 Å². The fourth-order valence-corrected chi connectivity index (χ4v) is 4.68. The first-order valence-corrected chi connectivity index (χ1v) is 11.5. The Morgan fingerprint density at radius 2 is 1.76 bits per heavy atom. The molecule has 0 saturated carbocycles. The molecule has 10 heteroatoms. The smallest absolute Gasteiger partial charge is 0.391 e. The van der Waals surface area contributed by atoms with E-state index in [-0.39, 0.29) is 13.0 Å². The SMILES string of the molecule is CCOC(=O)[C@](CC)(CC(F)(F)F)N1C(=O)CO[C@H](c2cccc(Cl)c2)[C@H]1c1ccc(Cl)cc1. The summed E-state index contributed by atoms with van der Waals surface area (Å²) in [6, 6.07) is 11.9. The minimum Gasteiger partial charge on any atom is -0.464 e. The third kappa shape index (κ3) is 5.50. The molecule has 1 fully saturated rings. The number of morpholine rings is 1. The van der Waals surface area contributed by atoms with Crippen molar-refractivity contribution in [3.8, 4) is 0 Å². The van der Waals surface area contributed by atoms with Crippen molar-refractivity contribution in [2.45, 2.75) is 50.6 Å². The third-order valence-corrected chi connectivity index (χ3v) is 6.29. The lowest BCUT2D eigenvalue weighted by Gasteiger charge is -2.50. The molecule has 0 N–H and O–H groups in total. The Morgan fingerprint density at radius 3 is 2.32 bits per heavy atom. The van der Waals surface area contributed by atoms with E-state index in [2.05, 4.69) is 0 Å². The summed E-state index contributed by atoms with van der Waals surface area (Å²) in [4.78, 5) is 27.4. The minimum atomic E-state index is -4.75. The summed E-state index contributed by atoms with van der Waals surface area (Å²) in [6.45, 7) is 2.28. The van der Waals surface area contributed by atoms with Gasteiger partial charge < -0.3 is 14.4 Å². The molecule has 0 bridgehead atoms. The minimum absolute atomic E-state index is 0.139. The summed E-state index contributed by atoms with van der Waals surface area (Å²) in [7, 11) is 0. The zero-order valence-electron chi connectivity index (χ0n) is 18.6. The molecule has 2 aromatic rings. The Morgan fingerprint density at radius 1 is 1.09 bits per heavy atom. The van der Waals surface area contributed by atoms with Crippen molar-refractivity contribution in [3.05, 3.63) is 69.7 Å². The molecule has 1 amide bonds. The van der Waals surface area contributed by atoms with Gasteiger partial charge in [-0.3, -0.25) is 4.79 Å². The maximum atomic E-state index is 13.9. The van der Waals surface area contributed by atoms with E-state index in [1.54, 1.807) is 48.5 Å². The number of hydrogen-bond donors (Lipinski definition) is 0. The number of ether oxygens (including phenoxy) is 2. The van der Waals surface area contributed by atoms with Crippen LogP contribution in [0.5, 0.6) is 0 Å². The zero-order valence-corrected chi connectivity index (χ0v) is 20.1. The summed E-state index contributed by atoms with van der Waals surface area (Å²) in [5.74, 6) is -1.87. The molecule has 184 valence electrons. The second-order valence-electron chi connectivity index (χ2n) is 7.94. The number of hydrogen-bond acceptors (Lipinski definition) is 4. The van der Waals surface area contributed by atoms with Gasteiger partial charge >= 0.3 is 12.1 Å². The Hall–Kier alpha value is -2.29. The van der Waals surface area contributed by atoms with E-state index in [1.165, 1.54) is 13.8 Å². The van der Waals surface area contributed by atoms with Gasteiger partial charge in [0, 0.05) is 10.0 Å². The van der Waals surface area contributed by atoms with Gasteiger partial charge in [-0.05, 0) is 48.7 Å². The molecule has 0 spiro atoms. The molecule has 1 aliphatic rings. The molecule has 5 nitrogen and oxygen atoms in total. The number of nitrogens with zero attached hydrogens (tertiary/aromatic N) is 1. The van der Waals surface area contributed by atoms with E-state index in [1.807, 2.05) is 0 Å². The normalized spacial score (nSPS) is 20.7. The molecule has 3 atom stereocenters. The molecule has 34 heavy (non-hydrogen) atoms. The topological polar surface area (TPSA) is 55.8 Å². The van der Waals surface area contributed by atoms with Crippen LogP contribution in [0.2, 0.25) is 10.0 Å². The van der Waals surface area contributed by atoms with E-state index in [0.717, 1.165) is 4.90 Å². The first kappa shape index (κ1) is 26.3. The first-order chi connectivity index (χ1) is 16.0. The van der Waals surface area contributed by atoms with Crippen molar-refractivity contribution in [1.82, 2.24) is 4.90 Å². The molecular formula is C24H24Cl2F3NO4. The van der Waals surface area contributed by atoms with E-state index >= 15 is 0 Å². The van der Waals surface area contributed by atoms with Crippen molar-refractivity contribution in [2.24, 2.45) is 0 Å². The molecular weight excluding hydrogens is 494 g/mol. The zero-order chi connectivity index (χ0) is 25.1. The highest BCUT2D eigenvalue weighted by Crippen LogP contribution is 2.48.